The Bertz CT molecular complexity index is 979. The minimum absolute atomic E-state index is 0.0662. The van der Waals surface area contributed by atoms with Gasteiger partial charge >= 0.3 is 0 Å². The summed E-state index contributed by atoms with van der Waals surface area (Å²) >= 11 is 3.27. The van der Waals surface area contributed by atoms with E-state index in [1.165, 1.54) is 4.90 Å². The first-order valence-electron chi connectivity index (χ1n) is 9.34. The highest BCUT2D eigenvalue weighted by atomic mass is 32.2. The highest BCUT2D eigenvalue weighted by Gasteiger charge is 2.25. The van der Waals surface area contributed by atoms with Crippen molar-refractivity contribution in [3.05, 3.63) is 60.2 Å². The second kappa shape index (κ2) is 8.90. The fourth-order valence-electron chi connectivity index (χ4n) is 3.21. The van der Waals surface area contributed by atoms with Crippen LogP contribution in [0.1, 0.15) is 18.4 Å². The summed E-state index contributed by atoms with van der Waals surface area (Å²) in [5.74, 6) is -0.0662. The molecule has 1 aliphatic rings. The van der Waals surface area contributed by atoms with E-state index in [9.17, 15) is 4.79 Å². The van der Waals surface area contributed by atoms with Crippen molar-refractivity contribution >= 4 is 50.4 Å². The predicted molar refractivity (Wildman–Crippen MR) is 118 cm³/mol. The molecule has 1 saturated heterocycles. The van der Waals surface area contributed by atoms with E-state index in [1.54, 1.807) is 34.1 Å². The van der Waals surface area contributed by atoms with Crippen LogP contribution in [0.25, 0.3) is 16.3 Å². The fourth-order valence-corrected chi connectivity index (χ4v) is 4.75. The van der Waals surface area contributed by atoms with Gasteiger partial charge in [0.25, 0.3) is 5.91 Å². The Balaban J connectivity index is 1.62. The molecule has 6 heteroatoms. The van der Waals surface area contributed by atoms with Crippen molar-refractivity contribution in [3.63, 3.8) is 0 Å². The van der Waals surface area contributed by atoms with Gasteiger partial charge in [0.15, 0.2) is 5.13 Å². The van der Waals surface area contributed by atoms with Gasteiger partial charge in [0.1, 0.15) is 0 Å². The number of benzene rings is 2. The molecule has 0 saturated carbocycles. The summed E-state index contributed by atoms with van der Waals surface area (Å²) in [5, 5.41) is 0.728. The van der Waals surface area contributed by atoms with E-state index >= 15 is 0 Å². The Morgan fingerprint density at radius 3 is 2.93 bits per heavy atom. The number of amides is 1. The lowest BCUT2D eigenvalue weighted by atomic mass is 10.2. The van der Waals surface area contributed by atoms with Crippen LogP contribution >= 0.6 is 23.1 Å². The molecule has 4 nitrogen and oxygen atoms in total. The summed E-state index contributed by atoms with van der Waals surface area (Å²) in [7, 11) is 0. The average Bonchev–Trinajstić information content (AvgIpc) is 3.39. The van der Waals surface area contributed by atoms with Gasteiger partial charge in [0.05, 0.1) is 22.9 Å². The summed E-state index contributed by atoms with van der Waals surface area (Å²) in [6, 6.07) is 16.1. The number of ether oxygens (including phenoxy) is 1. The van der Waals surface area contributed by atoms with Crippen molar-refractivity contribution in [1.29, 1.82) is 0 Å². The maximum Gasteiger partial charge on any atom is 0.252 e. The zero-order valence-electron chi connectivity index (χ0n) is 15.7. The van der Waals surface area contributed by atoms with Crippen LogP contribution in [0.2, 0.25) is 0 Å². The van der Waals surface area contributed by atoms with Gasteiger partial charge in [-0.1, -0.05) is 41.7 Å². The van der Waals surface area contributed by atoms with E-state index in [2.05, 4.69) is 18.4 Å². The number of nitrogens with zero attached hydrogens (tertiary/aromatic N) is 2. The van der Waals surface area contributed by atoms with Crippen LogP contribution in [0.4, 0.5) is 5.13 Å². The van der Waals surface area contributed by atoms with Crippen LogP contribution in [0.3, 0.4) is 0 Å². The van der Waals surface area contributed by atoms with Crippen molar-refractivity contribution in [2.24, 2.45) is 0 Å². The second-order valence-corrected chi connectivity index (χ2v) is 8.55. The normalized spacial score (nSPS) is 16.8. The lowest BCUT2D eigenvalue weighted by Gasteiger charge is -2.21. The first-order chi connectivity index (χ1) is 13.7. The van der Waals surface area contributed by atoms with Crippen LogP contribution in [-0.4, -0.2) is 36.4 Å². The maximum atomic E-state index is 13.1. The Morgan fingerprint density at radius 2 is 2.18 bits per heavy atom. The van der Waals surface area contributed by atoms with Gasteiger partial charge in [-0.15, -0.1) is 11.8 Å². The molecule has 1 atom stereocenters. The quantitative estimate of drug-likeness (QED) is 0.411. The number of hydrogen-bond acceptors (Lipinski definition) is 5. The zero-order chi connectivity index (χ0) is 19.3. The van der Waals surface area contributed by atoms with Gasteiger partial charge in [-0.3, -0.25) is 9.69 Å². The van der Waals surface area contributed by atoms with Crippen molar-refractivity contribution in [1.82, 2.24) is 4.98 Å². The van der Waals surface area contributed by atoms with Gasteiger partial charge in [0, 0.05) is 17.6 Å². The number of thioether (sulfide) groups is 1. The highest BCUT2D eigenvalue weighted by molar-refractivity contribution is 7.98. The molecule has 1 amide bonds. The molecule has 0 aliphatic carbocycles. The lowest BCUT2D eigenvalue weighted by Crippen LogP contribution is -2.36. The number of rotatable bonds is 6. The number of anilines is 1. The lowest BCUT2D eigenvalue weighted by molar-refractivity contribution is -0.114. The van der Waals surface area contributed by atoms with Crippen molar-refractivity contribution < 1.29 is 9.53 Å². The fraction of sp³-hybridized carbons (Fsp3) is 0.273. The van der Waals surface area contributed by atoms with Crippen molar-refractivity contribution in [3.8, 4) is 0 Å². The average molecular weight is 411 g/mol. The number of carbonyl (C=O) groups excluding carboxylic acids is 1. The maximum absolute atomic E-state index is 13.1. The molecule has 0 radical (unpaired) electrons. The molecular weight excluding hydrogens is 388 g/mol. The van der Waals surface area contributed by atoms with Crippen LogP contribution in [-0.2, 0) is 9.53 Å². The third-order valence-corrected chi connectivity index (χ3v) is 6.48. The van der Waals surface area contributed by atoms with E-state index in [4.69, 9.17) is 9.72 Å². The molecule has 28 heavy (non-hydrogen) atoms. The summed E-state index contributed by atoms with van der Waals surface area (Å²) in [5.41, 5.74) is 1.93. The Kier molecular flexibility index (Phi) is 6.10. The van der Waals surface area contributed by atoms with Crippen LogP contribution in [0.5, 0.6) is 0 Å². The molecule has 1 unspecified atom stereocenters. The molecule has 4 rings (SSSR count). The number of hydrogen-bond donors (Lipinski definition) is 0. The molecule has 3 aromatic rings. The topological polar surface area (TPSA) is 42.4 Å². The highest BCUT2D eigenvalue weighted by Crippen LogP contribution is 2.32. The molecule has 1 fully saturated rings. The summed E-state index contributed by atoms with van der Waals surface area (Å²) in [6.45, 7) is 1.30. The van der Waals surface area contributed by atoms with Gasteiger partial charge < -0.3 is 4.74 Å². The van der Waals surface area contributed by atoms with Gasteiger partial charge in [-0.05, 0) is 48.9 Å². The van der Waals surface area contributed by atoms with Gasteiger partial charge in [-0.25, -0.2) is 4.98 Å². The Hall–Kier alpha value is -2.15. The number of thiazole rings is 1. The second-order valence-electron chi connectivity index (χ2n) is 6.66. The first-order valence-corrected chi connectivity index (χ1v) is 11.4. The van der Waals surface area contributed by atoms with Crippen LogP contribution < -0.4 is 4.90 Å². The Labute approximate surface area is 173 Å². The molecule has 1 aliphatic heterocycles. The summed E-state index contributed by atoms with van der Waals surface area (Å²) < 4.78 is 6.88. The molecule has 1 aromatic heterocycles. The third-order valence-electron chi connectivity index (χ3n) is 4.71. The first kappa shape index (κ1) is 19.2. The smallest absolute Gasteiger partial charge is 0.252 e. The van der Waals surface area contributed by atoms with Crippen LogP contribution in [0, 0.1) is 0 Å². The zero-order valence-corrected chi connectivity index (χ0v) is 17.3. The molecular formula is C22H22N2O2S2. The molecule has 0 bridgehead atoms. The number of aromatic nitrogens is 1. The third kappa shape index (κ3) is 4.46. The minimum Gasteiger partial charge on any atom is -0.376 e. The minimum atomic E-state index is -0.0662. The van der Waals surface area contributed by atoms with Gasteiger partial charge in [-0.2, -0.15) is 0 Å². The largest absolute Gasteiger partial charge is 0.376 e. The molecule has 0 N–H and O–H groups in total. The predicted octanol–water partition coefficient (Wildman–Crippen LogP) is 5.24. The van der Waals surface area contributed by atoms with Crippen LogP contribution in [0.15, 0.2) is 59.5 Å². The summed E-state index contributed by atoms with van der Waals surface area (Å²) in [6.07, 6.45) is 7.64. The standard InChI is InChI=1S/C22H22N2O2S2/c1-27-18-10-11-19-20(14-18)28-22(23-19)24(15-17-8-5-13-26-17)21(25)12-9-16-6-3-2-4-7-16/h2-4,6-7,9-12,14,17H,5,8,13,15H2,1H3/b12-9+. The molecule has 2 aromatic carbocycles. The van der Waals surface area contributed by atoms with E-state index in [1.807, 2.05) is 42.5 Å². The molecule has 0 spiro atoms. The van der Waals surface area contributed by atoms with Crippen molar-refractivity contribution in [2.75, 3.05) is 24.3 Å². The number of fused-ring (bicyclic) bond motifs is 1. The Morgan fingerprint density at radius 1 is 1.32 bits per heavy atom. The number of carbonyl (C=O) groups is 1. The monoisotopic (exact) mass is 410 g/mol. The van der Waals surface area contributed by atoms with Gasteiger partial charge in [0.2, 0.25) is 0 Å². The van der Waals surface area contributed by atoms with E-state index < -0.39 is 0 Å². The molecule has 144 valence electrons. The SMILES string of the molecule is CSc1ccc2nc(N(CC3CCCO3)C(=O)/C=C/c3ccccc3)sc2c1. The van der Waals surface area contributed by atoms with E-state index in [0.29, 0.717) is 6.54 Å². The van der Waals surface area contributed by atoms with E-state index in [0.717, 1.165) is 40.4 Å². The molecule has 2 heterocycles. The summed E-state index contributed by atoms with van der Waals surface area (Å²) in [4.78, 5) is 20.7. The van der Waals surface area contributed by atoms with Crippen molar-refractivity contribution in [2.45, 2.75) is 23.8 Å². The van der Waals surface area contributed by atoms with E-state index in [-0.39, 0.29) is 12.0 Å².